The number of esters is 1. The van der Waals surface area contributed by atoms with E-state index in [4.69, 9.17) is 4.74 Å². The van der Waals surface area contributed by atoms with Crippen molar-refractivity contribution in [2.75, 3.05) is 0 Å². The Morgan fingerprint density at radius 2 is 2.17 bits per heavy atom. The molecular formula is C15H18O3. The third-order valence-corrected chi connectivity index (χ3v) is 5.03. The average Bonchev–Trinajstić information content (AvgIpc) is 2.69. The number of rotatable bonds is 0. The summed E-state index contributed by atoms with van der Waals surface area (Å²) >= 11 is 0. The van der Waals surface area contributed by atoms with Crippen molar-refractivity contribution in [2.45, 2.75) is 32.8 Å². The number of allylic oxidation sites excluding steroid dienone is 2. The van der Waals surface area contributed by atoms with Crippen LogP contribution in [0.3, 0.4) is 0 Å². The van der Waals surface area contributed by atoms with Crippen LogP contribution in [0.15, 0.2) is 24.3 Å². The van der Waals surface area contributed by atoms with E-state index in [2.05, 4.69) is 13.5 Å². The van der Waals surface area contributed by atoms with Crippen molar-refractivity contribution in [1.82, 2.24) is 0 Å². The molecule has 0 aromatic carbocycles. The Morgan fingerprint density at radius 1 is 1.44 bits per heavy atom. The zero-order valence-electron chi connectivity index (χ0n) is 10.8. The zero-order valence-corrected chi connectivity index (χ0v) is 10.8. The van der Waals surface area contributed by atoms with E-state index in [0.29, 0.717) is 17.9 Å². The summed E-state index contributed by atoms with van der Waals surface area (Å²) in [7, 11) is 0. The van der Waals surface area contributed by atoms with Gasteiger partial charge < -0.3 is 4.74 Å². The van der Waals surface area contributed by atoms with Crippen molar-refractivity contribution in [1.29, 1.82) is 0 Å². The van der Waals surface area contributed by atoms with Crippen LogP contribution < -0.4 is 0 Å². The first-order valence-corrected chi connectivity index (χ1v) is 6.56. The Hall–Kier alpha value is -1.38. The second-order valence-electron chi connectivity index (χ2n) is 6.16. The largest absolute Gasteiger partial charge is 0.458 e. The van der Waals surface area contributed by atoms with Gasteiger partial charge in [-0.1, -0.05) is 26.5 Å². The highest BCUT2D eigenvalue weighted by Crippen LogP contribution is 2.52. The van der Waals surface area contributed by atoms with Crippen molar-refractivity contribution in [3.05, 3.63) is 24.3 Å². The summed E-state index contributed by atoms with van der Waals surface area (Å²) in [6, 6.07) is 0. The molecule has 0 N–H and O–H groups in total. The molecule has 0 amide bonds. The molecule has 1 saturated carbocycles. The van der Waals surface area contributed by atoms with Crippen molar-refractivity contribution in [3.63, 3.8) is 0 Å². The minimum Gasteiger partial charge on any atom is -0.458 e. The van der Waals surface area contributed by atoms with E-state index in [1.807, 2.05) is 13.0 Å². The van der Waals surface area contributed by atoms with E-state index in [1.54, 1.807) is 6.08 Å². The van der Waals surface area contributed by atoms with Crippen LogP contribution in [-0.2, 0) is 14.3 Å². The molecular weight excluding hydrogens is 228 g/mol. The summed E-state index contributed by atoms with van der Waals surface area (Å²) in [5, 5.41) is 0. The predicted molar refractivity (Wildman–Crippen MR) is 66.7 cm³/mol. The lowest BCUT2D eigenvalue weighted by Gasteiger charge is -2.32. The third kappa shape index (κ3) is 1.36. The smallest absolute Gasteiger partial charge is 0.334 e. The molecule has 3 rings (SSSR count). The van der Waals surface area contributed by atoms with Gasteiger partial charge >= 0.3 is 5.97 Å². The molecule has 0 aromatic heterocycles. The van der Waals surface area contributed by atoms with E-state index in [9.17, 15) is 9.59 Å². The van der Waals surface area contributed by atoms with Gasteiger partial charge in [-0.3, -0.25) is 4.79 Å². The number of hydrogen-bond donors (Lipinski definition) is 0. The maximum absolute atomic E-state index is 12.2. The number of carbonyl (C=O) groups is 2. The van der Waals surface area contributed by atoms with Crippen molar-refractivity contribution in [2.24, 2.45) is 23.2 Å². The molecule has 3 aliphatic rings. The molecule has 0 bridgehead atoms. The van der Waals surface area contributed by atoms with Crippen molar-refractivity contribution >= 4 is 11.8 Å². The van der Waals surface area contributed by atoms with Gasteiger partial charge in [-0.05, 0) is 30.8 Å². The van der Waals surface area contributed by atoms with Crippen LogP contribution >= 0.6 is 0 Å². The lowest BCUT2D eigenvalue weighted by atomic mass is 9.69. The molecule has 0 unspecified atom stereocenters. The van der Waals surface area contributed by atoms with Gasteiger partial charge in [-0.15, -0.1) is 0 Å². The van der Waals surface area contributed by atoms with Crippen LogP contribution in [0.2, 0.25) is 0 Å². The fourth-order valence-electron chi connectivity index (χ4n) is 3.92. The molecule has 0 radical (unpaired) electrons. The first kappa shape index (κ1) is 11.7. The summed E-state index contributed by atoms with van der Waals surface area (Å²) in [4.78, 5) is 23.8. The zero-order chi connectivity index (χ0) is 13.1. The number of carbonyl (C=O) groups excluding carboxylic acids is 2. The van der Waals surface area contributed by atoms with Gasteiger partial charge in [0, 0.05) is 16.9 Å². The van der Waals surface area contributed by atoms with Gasteiger partial charge in [-0.2, -0.15) is 0 Å². The molecule has 2 aliphatic carbocycles. The van der Waals surface area contributed by atoms with Crippen LogP contribution in [-0.4, -0.2) is 17.9 Å². The first-order valence-electron chi connectivity index (χ1n) is 6.56. The highest BCUT2D eigenvalue weighted by Gasteiger charge is 2.53. The standard InChI is InChI=1S/C15H18O3/c1-8-6-12-10(9(2)14(17)18-12)7-15(3)11(8)4-5-13(15)16/h4-5,8,10-12H,2,6-7H2,1,3H3/t8-,10-,11-,12+,15+/m1/s1. The van der Waals surface area contributed by atoms with Crippen LogP contribution in [0.1, 0.15) is 26.7 Å². The Labute approximate surface area is 107 Å². The van der Waals surface area contributed by atoms with Gasteiger partial charge in [0.15, 0.2) is 5.78 Å². The fraction of sp³-hybridized carbons (Fsp3) is 0.600. The van der Waals surface area contributed by atoms with E-state index in [-0.39, 0.29) is 35.1 Å². The van der Waals surface area contributed by atoms with Crippen molar-refractivity contribution < 1.29 is 14.3 Å². The van der Waals surface area contributed by atoms with Gasteiger partial charge in [-0.25, -0.2) is 4.79 Å². The van der Waals surface area contributed by atoms with E-state index >= 15 is 0 Å². The summed E-state index contributed by atoms with van der Waals surface area (Å²) < 4.78 is 5.40. The van der Waals surface area contributed by atoms with Crippen LogP contribution in [0.25, 0.3) is 0 Å². The topological polar surface area (TPSA) is 43.4 Å². The van der Waals surface area contributed by atoms with Gasteiger partial charge in [0.1, 0.15) is 6.10 Å². The molecule has 3 nitrogen and oxygen atoms in total. The Balaban J connectivity index is 2.00. The summed E-state index contributed by atoms with van der Waals surface area (Å²) in [5.41, 5.74) is 0.171. The van der Waals surface area contributed by atoms with Gasteiger partial charge in [0.25, 0.3) is 0 Å². The van der Waals surface area contributed by atoms with Gasteiger partial charge in [0.05, 0.1) is 0 Å². The Bertz CT molecular complexity index is 476. The minimum absolute atomic E-state index is 0.0128. The highest BCUT2D eigenvalue weighted by molar-refractivity contribution is 5.98. The molecule has 2 fully saturated rings. The van der Waals surface area contributed by atoms with Crippen LogP contribution in [0.5, 0.6) is 0 Å². The van der Waals surface area contributed by atoms with Crippen LogP contribution in [0.4, 0.5) is 0 Å². The quantitative estimate of drug-likeness (QED) is 0.486. The molecule has 1 saturated heterocycles. The van der Waals surface area contributed by atoms with E-state index < -0.39 is 0 Å². The van der Waals surface area contributed by atoms with Crippen LogP contribution in [0, 0.1) is 23.2 Å². The number of ketones is 1. The summed E-state index contributed by atoms with van der Waals surface area (Å²) in [6.45, 7) is 8.02. The third-order valence-electron chi connectivity index (χ3n) is 5.03. The first-order chi connectivity index (χ1) is 8.43. The molecule has 1 aliphatic heterocycles. The molecule has 5 atom stereocenters. The molecule has 1 heterocycles. The predicted octanol–water partition coefficient (Wildman–Crippen LogP) is 2.28. The number of fused-ring (bicyclic) bond motifs is 2. The monoisotopic (exact) mass is 246 g/mol. The van der Waals surface area contributed by atoms with E-state index in [0.717, 1.165) is 6.42 Å². The fourth-order valence-corrected chi connectivity index (χ4v) is 3.92. The SMILES string of the molecule is C=C1C(=O)O[C@H]2C[C@@H](C)[C@H]3C=CC(=O)[C@@]3(C)C[C@H]12. The lowest BCUT2D eigenvalue weighted by Crippen LogP contribution is -2.33. The average molecular weight is 246 g/mol. The van der Waals surface area contributed by atoms with Crippen molar-refractivity contribution in [3.8, 4) is 0 Å². The summed E-state index contributed by atoms with van der Waals surface area (Å²) in [5.74, 6) is 0.539. The number of hydrogen-bond acceptors (Lipinski definition) is 3. The molecule has 0 aromatic rings. The van der Waals surface area contributed by atoms with E-state index in [1.165, 1.54) is 0 Å². The lowest BCUT2D eigenvalue weighted by molar-refractivity contribution is -0.139. The molecule has 18 heavy (non-hydrogen) atoms. The molecule has 0 spiro atoms. The highest BCUT2D eigenvalue weighted by atomic mass is 16.6. The molecule has 96 valence electrons. The Morgan fingerprint density at radius 3 is 2.89 bits per heavy atom. The summed E-state index contributed by atoms with van der Waals surface area (Å²) in [6.07, 6.45) is 5.18. The second-order valence-corrected chi connectivity index (χ2v) is 6.16. The normalized spacial score (nSPS) is 46.7. The molecule has 3 heteroatoms. The maximum atomic E-state index is 12.2. The second kappa shape index (κ2) is 3.56. The Kier molecular flexibility index (Phi) is 2.31. The number of ether oxygens (including phenoxy) is 1. The van der Waals surface area contributed by atoms with Gasteiger partial charge in [0.2, 0.25) is 0 Å². The minimum atomic E-state index is -0.379. The maximum Gasteiger partial charge on any atom is 0.334 e.